The van der Waals surface area contributed by atoms with Gasteiger partial charge in [-0.05, 0) is 61.0 Å². The number of aromatic nitrogens is 1. The molecule has 1 unspecified atom stereocenters. The topological polar surface area (TPSA) is 78.6 Å². The van der Waals surface area contributed by atoms with Crippen molar-refractivity contribution in [2.75, 3.05) is 19.6 Å². The summed E-state index contributed by atoms with van der Waals surface area (Å²) in [5.74, 6) is -0.707. The van der Waals surface area contributed by atoms with Gasteiger partial charge in [-0.2, -0.15) is 0 Å². The Balaban J connectivity index is 1.88. The maximum absolute atomic E-state index is 14.8. The van der Waals surface area contributed by atoms with E-state index in [9.17, 15) is 18.7 Å². The van der Waals surface area contributed by atoms with Crippen LogP contribution in [0.1, 0.15) is 57.7 Å². The van der Waals surface area contributed by atoms with Gasteiger partial charge in [0.2, 0.25) is 5.89 Å². The number of aliphatic hydroxyl groups excluding tert-OH is 1. The summed E-state index contributed by atoms with van der Waals surface area (Å²) in [6.45, 7) is 11.6. The third-order valence-corrected chi connectivity index (χ3v) is 7.23. The third kappa shape index (κ3) is 6.13. The molecule has 38 heavy (non-hydrogen) atoms. The molecule has 204 valence electrons. The molecule has 6 nitrogen and oxygen atoms in total. The molecule has 4 rings (SSSR count). The summed E-state index contributed by atoms with van der Waals surface area (Å²) in [5, 5.41) is 13.8. The number of nitrogens with one attached hydrogen (secondary N) is 1. The molecule has 1 saturated heterocycles. The number of benzene rings is 2. The number of carbonyl (C=O) groups is 1. The number of hydrogen-bond acceptors (Lipinski definition) is 5. The van der Waals surface area contributed by atoms with Gasteiger partial charge < -0.3 is 19.7 Å². The quantitative estimate of drug-likeness (QED) is 0.414. The number of halogens is 2. The van der Waals surface area contributed by atoms with E-state index >= 15 is 0 Å². The highest BCUT2D eigenvalue weighted by atomic mass is 19.1. The smallest absolute Gasteiger partial charge is 0.251 e. The fourth-order valence-electron chi connectivity index (χ4n) is 5.21. The highest BCUT2D eigenvalue weighted by Crippen LogP contribution is 2.42. The molecule has 0 saturated carbocycles. The first-order valence-corrected chi connectivity index (χ1v) is 13.1. The number of rotatable bonds is 8. The van der Waals surface area contributed by atoms with Gasteiger partial charge in [-0.1, -0.05) is 58.0 Å². The summed E-state index contributed by atoms with van der Waals surface area (Å²) in [6.07, 6.45) is -0.862. The number of aliphatic hydroxyl groups is 1. The predicted molar refractivity (Wildman–Crippen MR) is 142 cm³/mol. The zero-order chi connectivity index (χ0) is 27.6. The summed E-state index contributed by atoms with van der Waals surface area (Å²) in [5.41, 5.74) is 0.818. The van der Waals surface area contributed by atoms with Crippen LogP contribution in [0, 0.1) is 28.9 Å². The molecule has 0 aliphatic carbocycles. The number of hydrogen-bond donors (Lipinski definition) is 2. The van der Waals surface area contributed by atoms with Crippen molar-refractivity contribution >= 4 is 5.91 Å². The van der Waals surface area contributed by atoms with E-state index in [1.807, 2.05) is 51.1 Å². The van der Waals surface area contributed by atoms with Gasteiger partial charge in [-0.3, -0.25) is 4.79 Å². The molecule has 1 aliphatic rings. The SMILES string of the molecule is C[C@H](O)C(=O)N(C[C@@H]1CNC[C@@H]1C)C(c1nc(-c2cc(F)ccc2F)oc1Cc1ccccc1)C(C)(C)C. The average Bonchev–Trinajstić information content (AvgIpc) is 3.45. The standard InChI is InChI=1S/C30H37F2N3O3/c1-18-15-33-16-21(18)17-35(29(37)19(2)36)27(30(3,4)5)26-25(13-20-9-7-6-8-10-20)38-28(34-26)23-14-22(31)11-12-24(23)32/h6-12,14,18-19,21,27,33,36H,13,15-17H2,1-5H3/t18-,19-,21-,27?/m0/s1. The van der Waals surface area contributed by atoms with Crippen LogP contribution in [0.25, 0.3) is 11.5 Å². The van der Waals surface area contributed by atoms with Crippen molar-refractivity contribution in [1.29, 1.82) is 0 Å². The summed E-state index contributed by atoms with van der Waals surface area (Å²) in [7, 11) is 0. The van der Waals surface area contributed by atoms with Crippen molar-refractivity contribution in [2.45, 2.75) is 53.2 Å². The fourth-order valence-corrected chi connectivity index (χ4v) is 5.21. The Morgan fingerprint density at radius 2 is 1.89 bits per heavy atom. The number of nitrogens with zero attached hydrogens (tertiary/aromatic N) is 2. The maximum atomic E-state index is 14.8. The average molecular weight is 526 g/mol. The Morgan fingerprint density at radius 1 is 1.18 bits per heavy atom. The van der Waals surface area contributed by atoms with Gasteiger partial charge >= 0.3 is 0 Å². The van der Waals surface area contributed by atoms with E-state index in [0.717, 1.165) is 36.9 Å². The van der Waals surface area contributed by atoms with Crippen LogP contribution in [0.5, 0.6) is 0 Å². The normalized spacial score (nSPS) is 19.4. The Hall–Kier alpha value is -3.10. The van der Waals surface area contributed by atoms with Gasteiger partial charge in [0.25, 0.3) is 5.91 Å². The van der Waals surface area contributed by atoms with Crippen LogP contribution in [0.3, 0.4) is 0 Å². The van der Waals surface area contributed by atoms with Gasteiger partial charge in [-0.15, -0.1) is 0 Å². The largest absolute Gasteiger partial charge is 0.440 e. The van der Waals surface area contributed by atoms with Crippen LogP contribution >= 0.6 is 0 Å². The molecule has 1 aromatic heterocycles. The molecule has 2 N–H and O–H groups in total. The highest BCUT2D eigenvalue weighted by molar-refractivity contribution is 5.81. The highest BCUT2D eigenvalue weighted by Gasteiger charge is 2.42. The van der Waals surface area contributed by atoms with Crippen LogP contribution < -0.4 is 5.32 Å². The molecule has 8 heteroatoms. The fraction of sp³-hybridized carbons (Fsp3) is 0.467. The minimum atomic E-state index is -1.21. The molecular formula is C30H37F2N3O3. The molecule has 1 fully saturated rings. The Morgan fingerprint density at radius 3 is 2.50 bits per heavy atom. The Labute approximate surface area is 223 Å². The van der Waals surface area contributed by atoms with E-state index < -0.39 is 35.1 Å². The third-order valence-electron chi connectivity index (χ3n) is 7.23. The van der Waals surface area contributed by atoms with Gasteiger partial charge in [0, 0.05) is 13.0 Å². The van der Waals surface area contributed by atoms with E-state index in [0.29, 0.717) is 30.3 Å². The van der Waals surface area contributed by atoms with Gasteiger partial charge in [0.15, 0.2) is 0 Å². The van der Waals surface area contributed by atoms with Gasteiger partial charge in [0.1, 0.15) is 29.2 Å². The molecule has 0 bridgehead atoms. The second-order valence-electron chi connectivity index (χ2n) is 11.4. The van der Waals surface area contributed by atoms with Crippen molar-refractivity contribution in [1.82, 2.24) is 15.2 Å². The van der Waals surface area contributed by atoms with Crippen molar-refractivity contribution in [3.63, 3.8) is 0 Å². The molecule has 0 radical (unpaired) electrons. The first kappa shape index (κ1) is 27.9. The molecule has 2 heterocycles. The van der Waals surface area contributed by atoms with E-state index in [1.54, 1.807) is 4.90 Å². The predicted octanol–water partition coefficient (Wildman–Crippen LogP) is 5.36. The zero-order valence-corrected chi connectivity index (χ0v) is 22.7. The Kier molecular flexibility index (Phi) is 8.33. The second kappa shape index (κ2) is 11.3. The molecule has 2 aromatic carbocycles. The van der Waals surface area contributed by atoms with Crippen LogP contribution in [0.2, 0.25) is 0 Å². The lowest BCUT2D eigenvalue weighted by molar-refractivity contribution is -0.145. The van der Waals surface area contributed by atoms with Crippen LogP contribution in [-0.2, 0) is 11.2 Å². The summed E-state index contributed by atoms with van der Waals surface area (Å²) in [6, 6.07) is 12.2. The first-order valence-electron chi connectivity index (χ1n) is 13.1. The number of amides is 1. The van der Waals surface area contributed by atoms with Crippen molar-refractivity contribution in [3.05, 3.63) is 77.2 Å². The van der Waals surface area contributed by atoms with Crippen LogP contribution in [0.4, 0.5) is 8.78 Å². The monoisotopic (exact) mass is 525 g/mol. The number of carbonyl (C=O) groups excluding carboxylic acids is 1. The molecule has 0 spiro atoms. The zero-order valence-electron chi connectivity index (χ0n) is 22.7. The van der Waals surface area contributed by atoms with Gasteiger partial charge in [-0.25, -0.2) is 13.8 Å². The minimum absolute atomic E-state index is 0.0440. The van der Waals surface area contributed by atoms with Crippen molar-refractivity contribution in [3.8, 4) is 11.5 Å². The second-order valence-corrected chi connectivity index (χ2v) is 11.4. The lowest BCUT2D eigenvalue weighted by Gasteiger charge is -2.41. The molecular weight excluding hydrogens is 488 g/mol. The first-order chi connectivity index (χ1) is 18.0. The van der Waals surface area contributed by atoms with Crippen molar-refractivity contribution in [2.24, 2.45) is 17.3 Å². The lowest BCUT2D eigenvalue weighted by Crippen LogP contribution is -2.48. The minimum Gasteiger partial charge on any atom is -0.440 e. The molecule has 4 atom stereocenters. The van der Waals surface area contributed by atoms with Gasteiger partial charge in [0.05, 0.1) is 11.6 Å². The lowest BCUT2D eigenvalue weighted by atomic mass is 9.81. The maximum Gasteiger partial charge on any atom is 0.251 e. The molecule has 1 aliphatic heterocycles. The van der Waals surface area contributed by atoms with E-state index in [-0.39, 0.29) is 17.4 Å². The summed E-state index contributed by atoms with van der Waals surface area (Å²) < 4.78 is 35.1. The van der Waals surface area contributed by atoms with E-state index in [1.165, 1.54) is 6.92 Å². The van der Waals surface area contributed by atoms with Crippen LogP contribution in [0.15, 0.2) is 52.9 Å². The summed E-state index contributed by atoms with van der Waals surface area (Å²) in [4.78, 5) is 20.0. The van der Waals surface area contributed by atoms with Crippen LogP contribution in [-0.4, -0.2) is 46.6 Å². The van der Waals surface area contributed by atoms with E-state index in [4.69, 9.17) is 9.40 Å². The Bertz CT molecular complexity index is 1250. The molecule has 3 aromatic rings. The summed E-state index contributed by atoms with van der Waals surface area (Å²) >= 11 is 0. The van der Waals surface area contributed by atoms with Crippen molar-refractivity contribution < 1.29 is 23.1 Å². The van der Waals surface area contributed by atoms with E-state index in [2.05, 4.69) is 12.2 Å². The number of oxazole rings is 1. The molecule has 1 amide bonds.